The van der Waals surface area contributed by atoms with E-state index in [9.17, 15) is 22.8 Å². The van der Waals surface area contributed by atoms with Crippen LogP contribution in [-0.4, -0.2) is 16.9 Å². The van der Waals surface area contributed by atoms with Gasteiger partial charge in [-0.25, -0.2) is 4.90 Å². The normalized spacial score (nSPS) is 15.1. The Kier molecular flexibility index (Phi) is 4.00. The van der Waals surface area contributed by atoms with Crippen molar-refractivity contribution in [3.05, 3.63) is 53.3 Å². The number of rotatable bonds is 3. The average molecular weight is 351 g/mol. The fourth-order valence-electron chi connectivity index (χ4n) is 2.53. The molecule has 0 unspecified atom stereocenters. The van der Waals surface area contributed by atoms with Crippen molar-refractivity contribution in [1.82, 2.24) is 0 Å². The topological polar surface area (TPSA) is 70.8 Å². The number of hydrogen-bond donors (Lipinski definition) is 1. The Bertz CT molecular complexity index is 896. The van der Waals surface area contributed by atoms with Gasteiger partial charge >= 0.3 is 6.18 Å². The van der Waals surface area contributed by atoms with Gasteiger partial charge < -0.3 is 9.52 Å². The molecule has 130 valence electrons. The molecule has 3 rings (SSSR count). The van der Waals surface area contributed by atoms with Crippen LogP contribution in [0.4, 0.5) is 18.9 Å². The third-order valence-electron chi connectivity index (χ3n) is 3.75. The molecule has 0 bridgehead atoms. The third kappa shape index (κ3) is 2.96. The number of hydrogen-bond acceptors (Lipinski definition) is 4. The smallest absolute Gasteiger partial charge is 0.416 e. The molecule has 0 saturated heterocycles. The fourth-order valence-corrected chi connectivity index (χ4v) is 2.53. The van der Waals surface area contributed by atoms with Crippen LogP contribution in [-0.2, 0) is 22.4 Å². The maximum atomic E-state index is 13.1. The average Bonchev–Trinajstić information content (AvgIpc) is 3.11. The molecule has 1 N–H and O–H groups in total. The van der Waals surface area contributed by atoms with Gasteiger partial charge in [-0.2, -0.15) is 13.2 Å². The van der Waals surface area contributed by atoms with Gasteiger partial charge in [0.15, 0.2) is 0 Å². The highest BCUT2D eigenvalue weighted by molar-refractivity contribution is 6.31. The second-order valence-electron chi connectivity index (χ2n) is 5.46. The SMILES string of the molecule is CC1=CC(=O)N(c2cc(C(F)(F)F)ccc2-c2ccc(CO)o2)C1=O. The number of nitrogens with zero attached hydrogens (tertiary/aromatic N) is 1. The highest BCUT2D eigenvalue weighted by atomic mass is 19.4. The summed E-state index contributed by atoms with van der Waals surface area (Å²) in [6.07, 6.45) is -3.57. The lowest BCUT2D eigenvalue weighted by molar-refractivity contribution is -0.137. The summed E-state index contributed by atoms with van der Waals surface area (Å²) < 4.78 is 44.5. The molecule has 0 saturated carbocycles. The molecule has 5 nitrogen and oxygen atoms in total. The van der Waals surface area contributed by atoms with Gasteiger partial charge in [-0.3, -0.25) is 9.59 Å². The lowest BCUT2D eigenvalue weighted by Crippen LogP contribution is -2.31. The Hall–Kier alpha value is -2.87. The predicted octanol–water partition coefficient (Wildman–Crippen LogP) is 3.28. The predicted molar refractivity (Wildman–Crippen MR) is 81.3 cm³/mol. The van der Waals surface area contributed by atoms with Crippen LogP contribution in [0.15, 0.2) is 46.4 Å². The number of imide groups is 1. The van der Waals surface area contributed by atoms with E-state index in [-0.39, 0.29) is 28.3 Å². The van der Waals surface area contributed by atoms with Crippen LogP contribution in [0.25, 0.3) is 11.3 Å². The Labute approximate surface area is 140 Å². The zero-order chi connectivity index (χ0) is 18.4. The first-order valence-electron chi connectivity index (χ1n) is 7.20. The molecule has 1 aliphatic heterocycles. The zero-order valence-electron chi connectivity index (χ0n) is 12.9. The van der Waals surface area contributed by atoms with Gasteiger partial charge in [-0.1, -0.05) is 0 Å². The minimum Gasteiger partial charge on any atom is -0.459 e. The Morgan fingerprint density at radius 3 is 2.40 bits per heavy atom. The highest BCUT2D eigenvalue weighted by Crippen LogP contribution is 2.39. The number of amides is 2. The minimum atomic E-state index is -4.64. The summed E-state index contributed by atoms with van der Waals surface area (Å²) in [4.78, 5) is 25.0. The molecular formula is C17H12F3NO4. The quantitative estimate of drug-likeness (QED) is 0.862. The molecule has 2 heterocycles. The van der Waals surface area contributed by atoms with Crippen molar-refractivity contribution in [2.45, 2.75) is 19.7 Å². The third-order valence-corrected chi connectivity index (χ3v) is 3.75. The molecule has 0 spiro atoms. The number of alkyl halides is 3. The summed E-state index contributed by atoms with van der Waals surface area (Å²) in [7, 11) is 0. The summed E-state index contributed by atoms with van der Waals surface area (Å²) in [5.74, 6) is -1.08. The number of anilines is 1. The van der Waals surface area contributed by atoms with E-state index in [2.05, 4.69) is 0 Å². The zero-order valence-corrected chi connectivity index (χ0v) is 12.9. The largest absolute Gasteiger partial charge is 0.459 e. The van der Waals surface area contributed by atoms with E-state index >= 15 is 0 Å². The van der Waals surface area contributed by atoms with Crippen molar-refractivity contribution < 1.29 is 32.3 Å². The van der Waals surface area contributed by atoms with Crippen LogP contribution in [0.2, 0.25) is 0 Å². The molecule has 25 heavy (non-hydrogen) atoms. The summed E-state index contributed by atoms with van der Waals surface area (Å²) >= 11 is 0. The standard InChI is InChI=1S/C17H12F3NO4/c1-9-6-15(23)21(16(9)24)13-7-10(17(18,19)20)2-4-12(13)14-5-3-11(8-22)25-14/h2-7,22H,8H2,1H3. The maximum Gasteiger partial charge on any atom is 0.416 e. The first kappa shape index (κ1) is 17.0. The molecule has 2 aromatic rings. The Morgan fingerprint density at radius 1 is 1.16 bits per heavy atom. The van der Waals surface area contributed by atoms with Gasteiger partial charge in [0.25, 0.3) is 11.8 Å². The minimum absolute atomic E-state index is 0.129. The van der Waals surface area contributed by atoms with Crippen molar-refractivity contribution in [2.24, 2.45) is 0 Å². The molecule has 0 fully saturated rings. The van der Waals surface area contributed by atoms with Crippen LogP contribution < -0.4 is 4.90 Å². The van der Waals surface area contributed by atoms with Crippen molar-refractivity contribution in [1.29, 1.82) is 0 Å². The van der Waals surface area contributed by atoms with Crippen LogP contribution >= 0.6 is 0 Å². The second-order valence-corrected chi connectivity index (χ2v) is 5.46. The first-order valence-corrected chi connectivity index (χ1v) is 7.20. The number of aliphatic hydroxyl groups is 1. The van der Waals surface area contributed by atoms with E-state index in [0.717, 1.165) is 24.3 Å². The Balaban J connectivity index is 2.19. The van der Waals surface area contributed by atoms with Gasteiger partial charge in [-0.05, 0) is 37.3 Å². The summed E-state index contributed by atoms with van der Waals surface area (Å²) in [6, 6.07) is 5.60. The number of aliphatic hydroxyl groups excluding tert-OH is 1. The lowest BCUT2D eigenvalue weighted by atomic mass is 10.1. The molecule has 0 aliphatic carbocycles. The first-order chi connectivity index (χ1) is 11.7. The van der Waals surface area contributed by atoms with Gasteiger partial charge in [0.05, 0.1) is 11.3 Å². The van der Waals surface area contributed by atoms with E-state index in [0.29, 0.717) is 4.90 Å². The fraction of sp³-hybridized carbons (Fsp3) is 0.176. The molecule has 1 aromatic carbocycles. The summed E-state index contributed by atoms with van der Waals surface area (Å²) in [5.41, 5.74) is -0.955. The van der Waals surface area contributed by atoms with Crippen molar-refractivity contribution in [2.75, 3.05) is 4.90 Å². The van der Waals surface area contributed by atoms with Gasteiger partial charge in [0.1, 0.15) is 18.1 Å². The van der Waals surface area contributed by atoms with E-state index < -0.39 is 30.2 Å². The molecule has 0 radical (unpaired) electrons. The molecule has 0 atom stereocenters. The summed E-state index contributed by atoms with van der Waals surface area (Å²) in [5, 5.41) is 9.08. The number of carbonyl (C=O) groups is 2. The van der Waals surface area contributed by atoms with Crippen LogP contribution in [0.1, 0.15) is 18.2 Å². The number of halogens is 3. The molecular weight excluding hydrogens is 339 g/mol. The number of furan rings is 1. The maximum absolute atomic E-state index is 13.1. The van der Waals surface area contributed by atoms with Crippen molar-refractivity contribution >= 4 is 17.5 Å². The van der Waals surface area contributed by atoms with Crippen LogP contribution in [0.3, 0.4) is 0 Å². The summed E-state index contributed by atoms with van der Waals surface area (Å²) in [6.45, 7) is 1.02. The van der Waals surface area contributed by atoms with Gasteiger partial charge in [0.2, 0.25) is 0 Å². The van der Waals surface area contributed by atoms with Crippen molar-refractivity contribution in [3.8, 4) is 11.3 Å². The second kappa shape index (κ2) is 5.89. The monoisotopic (exact) mass is 351 g/mol. The van der Waals surface area contributed by atoms with Gasteiger partial charge in [-0.15, -0.1) is 0 Å². The highest BCUT2D eigenvalue weighted by Gasteiger charge is 2.36. The van der Waals surface area contributed by atoms with Crippen LogP contribution in [0.5, 0.6) is 0 Å². The van der Waals surface area contributed by atoms with E-state index in [1.165, 1.54) is 19.1 Å². The van der Waals surface area contributed by atoms with E-state index in [4.69, 9.17) is 9.52 Å². The lowest BCUT2D eigenvalue weighted by Gasteiger charge is -2.19. The van der Waals surface area contributed by atoms with E-state index in [1.54, 1.807) is 0 Å². The number of benzene rings is 1. The molecule has 2 amide bonds. The van der Waals surface area contributed by atoms with Crippen molar-refractivity contribution in [3.63, 3.8) is 0 Å². The van der Waals surface area contributed by atoms with Crippen LogP contribution in [0, 0.1) is 0 Å². The molecule has 8 heteroatoms. The number of carbonyl (C=O) groups excluding carboxylic acids is 2. The molecule has 1 aromatic heterocycles. The molecule has 1 aliphatic rings. The Morgan fingerprint density at radius 2 is 1.88 bits per heavy atom. The van der Waals surface area contributed by atoms with Gasteiger partial charge in [0, 0.05) is 17.2 Å². The van der Waals surface area contributed by atoms with E-state index in [1.807, 2.05) is 0 Å².